The molecule has 0 rings (SSSR count). The van der Waals surface area contributed by atoms with Gasteiger partial charge in [-0.15, -0.1) is 0 Å². The highest BCUT2D eigenvalue weighted by molar-refractivity contribution is 5.87. The summed E-state index contributed by atoms with van der Waals surface area (Å²) in [5.74, 6) is -3.53. The van der Waals surface area contributed by atoms with Gasteiger partial charge < -0.3 is 10.1 Å². The molecule has 0 aromatic carbocycles. The van der Waals surface area contributed by atoms with E-state index in [1.807, 2.05) is 0 Å². The van der Waals surface area contributed by atoms with Crippen molar-refractivity contribution in [3.05, 3.63) is 0 Å². The van der Waals surface area contributed by atoms with E-state index in [-0.39, 0.29) is 0 Å². The Bertz CT molecular complexity index is 318. The molecule has 0 heterocycles. The highest BCUT2D eigenvalue weighted by Crippen LogP contribution is 2.17. The van der Waals surface area contributed by atoms with Crippen LogP contribution in [0.1, 0.15) is 34.6 Å². The van der Waals surface area contributed by atoms with Crippen LogP contribution in [0.3, 0.4) is 0 Å². The van der Waals surface area contributed by atoms with E-state index in [9.17, 15) is 22.8 Å². The van der Waals surface area contributed by atoms with Crippen molar-refractivity contribution in [2.45, 2.75) is 52.4 Å². The van der Waals surface area contributed by atoms with Crippen LogP contribution < -0.4 is 5.32 Å². The second-order valence-electron chi connectivity index (χ2n) is 5.23. The molecule has 0 unspecified atom stereocenters. The maximum Gasteiger partial charge on any atom is 0.471 e. The molecule has 0 saturated heterocycles. The first-order valence-corrected chi connectivity index (χ1v) is 5.45. The lowest BCUT2D eigenvalue weighted by Gasteiger charge is -2.26. The van der Waals surface area contributed by atoms with Gasteiger partial charge in [0.15, 0.2) is 0 Å². The smallest absolute Gasteiger partial charge is 0.458 e. The third-order valence-corrected chi connectivity index (χ3v) is 1.87. The number of alkyl halides is 3. The van der Waals surface area contributed by atoms with Gasteiger partial charge in [0, 0.05) is 0 Å². The maximum atomic E-state index is 12.1. The quantitative estimate of drug-likeness (QED) is 0.798. The van der Waals surface area contributed by atoms with Crippen molar-refractivity contribution in [3.63, 3.8) is 0 Å². The Morgan fingerprint density at radius 1 is 1.11 bits per heavy atom. The van der Waals surface area contributed by atoms with E-state index in [2.05, 4.69) is 0 Å². The summed E-state index contributed by atoms with van der Waals surface area (Å²) in [5.41, 5.74) is -0.826. The fourth-order valence-electron chi connectivity index (χ4n) is 1.09. The Morgan fingerprint density at radius 3 is 1.83 bits per heavy atom. The van der Waals surface area contributed by atoms with Gasteiger partial charge in [-0.25, -0.2) is 4.79 Å². The van der Waals surface area contributed by atoms with Gasteiger partial charge in [-0.1, -0.05) is 13.8 Å². The molecule has 0 aliphatic heterocycles. The zero-order chi connectivity index (χ0) is 14.7. The highest BCUT2D eigenvalue weighted by atomic mass is 19.4. The topological polar surface area (TPSA) is 55.4 Å². The molecular weight excluding hydrogens is 251 g/mol. The number of nitrogens with one attached hydrogen (secondary N) is 1. The van der Waals surface area contributed by atoms with Gasteiger partial charge in [-0.3, -0.25) is 4.79 Å². The highest BCUT2D eigenvalue weighted by Gasteiger charge is 2.42. The van der Waals surface area contributed by atoms with Gasteiger partial charge in [0.1, 0.15) is 11.6 Å². The summed E-state index contributed by atoms with van der Waals surface area (Å²) in [6.45, 7) is 7.81. The van der Waals surface area contributed by atoms with E-state index >= 15 is 0 Å². The number of rotatable bonds is 3. The van der Waals surface area contributed by atoms with Crippen molar-refractivity contribution in [1.29, 1.82) is 0 Å². The molecule has 1 amide bonds. The maximum absolute atomic E-state index is 12.1. The Morgan fingerprint density at radius 2 is 1.56 bits per heavy atom. The van der Waals surface area contributed by atoms with E-state index in [0.717, 1.165) is 0 Å². The lowest BCUT2D eigenvalue weighted by molar-refractivity contribution is -0.177. The van der Waals surface area contributed by atoms with Crippen LogP contribution in [0.25, 0.3) is 0 Å². The monoisotopic (exact) mass is 269 g/mol. The van der Waals surface area contributed by atoms with Crippen molar-refractivity contribution < 1.29 is 27.5 Å². The molecule has 0 radical (unpaired) electrons. The van der Waals surface area contributed by atoms with Gasteiger partial charge in [-0.2, -0.15) is 13.2 Å². The van der Waals surface area contributed by atoms with Gasteiger partial charge in [0.05, 0.1) is 0 Å². The van der Waals surface area contributed by atoms with E-state index in [0.29, 0.717) is 0 Å². The van der Waals surface area contributed by atoms with Gasteiger partial charge >= 0.3 is 18.1 Å². The molecule has 0 saturated carbocycles. The van der Waals surface area contributed by atoms with Crippen LogP contribution in [0, 0.1) is 5.92 Å². The van der Waals surface area contributed by atoms with E-state index in [1.54, 1.807) is 26.1 Å². The second kappa shape index (κ2) is 5.58. The molecule has 0 aromatic rings. The molecule has 0 spiro atoms. The third-order valence-electron chi connectivity index (χ3n) is 1.87. The van der Waals surface area contributed by atoms with Crippen LogP contribution in [0.2, 0.25) is 0 Å². The molecule has 106 valence electrons. The fraction of sp³-hybridized carbons (Fsp3) is 0.818. The lowest BCUT2D eigenvalue weighted by Crippen LogP contribution is -2.51. The minimum absolute atomic E-state index is 0.508. The molecule has 1 N–H and O–H groups in total. The SMILES string of the molecule is CC(C)[C@H](NC(=O)C(F)(F)F)C(=O)OC(C)(C)C. The Kier molecular flexibility index (Phi) is 5.19. The molecule has 0 fully saturated rings. The number of carbonyl (C=O) groups excluding carboxylic acids is 2. The average molecular weight is 269 g/mol. The van der Waals surface area contributed by atoms with Crippen molar-refractivity contribution in [1.82, 2.24) is 5.32 Å². The van der Waals surface area contributed by atoms with Crippen molar-refractivity contribution >= 4 is 11.9 Å². The molecule has 4 nitrogen and oxygen atoms in total. The fourth-order valence-corrected chi connectivity index (χ4v) is 1.09. The molecule has 0 aliphatic carbocycles. The van der Waals surface area contributed by atoms with Crippen molar-refractivity contribution in [3.8, 4) is 0 Å². The molecule has 7 heteroatoms. The summed E-state index contributed by atoms with van der Waals surface area (Å²) in [7, 11) is 0. The number of hydrogen-bond acceptors (Lipinski definition) is 3. The normalized spacial score (nSPS) is 14.3. The van der Waals surface area contributed by atoms with Crippen LogP contribution in [-0.2, 0) is 14.3 Å². The Balaban J connectivity index is 4.79. The zero-order valence-corrected chi connectivity index (χ0v) is 11.0. The number of esters is 1. The molecule has 1 atom stereocenters. The second-order valence-corrected chi connectivity index (χ2v) is 5.23. The summed E-state index contributed by atoms with van der Waals surface area (Å²) in [5, 5.41) is 1.64. The van der Waals surface area contributed by atoms with Crippen LogP contribution in [0.4, 0.5) is 13.2 Å². The number of halogens is 3. The molecule has 0 aromatic heterocycles. The number of carbonyl (C=O) groups is 2. The standard InChI is InChI=1S/C11H18F3NO3/c1-6(2)7(8(16)18-10(3,4)5)15-9(17)11(12,13)14/h6-7H,1-5H3,(H,15,17)/t7-/m0/s1. The third kappa shape index (κ3) is 5.88. The molecule has 0 aliphatic rings. The Hall–Kier alpha value is -1.27. The van der Waals surface area contributed by atoms with Crippen LogP contribution in [0.5, 0.6) is 0 Å². The van der Waals surface area contributed by atoms with Crippen molar-refractivity contribution in [2.75, 3.05) is 0 Å². The largest absolute Gasteiger partial charge is 0.471 e. The van der Waals surface area contributed by atoms with Crippen LogP contribution in [-0.4, -0.2) is 29.7 Å². The van der Waals surface area contributed by atoms with E-state index in [4.69, 9.17) is 4.74 Å². The predicted octanol–water partition coefficient (Wildman–Crippen LogP) is 2.03. The molecular formula is C11H18F3NO3. The Labute approximate surface area is 104 Å². The summed E-state index contributed by atoms with van der Waals surface area (Å²) in [4.78, 5) is 22.5. The van der Waals surface area contributed by atoms with Crippen LogP contribution in [0.15, 0.2) is 0 Å². The molecule has 18 heavy (non-hydrogen) atoms. The number of ether oxygens (including phenoxy) is 1. The van der Waals surface area contributed by atoms with Crippen molar-refractivity contribution in [2.24, 2.45) is 5.92 Å². The summed E-state index contributed by atoms with van der Waals surface area (Å²) in [6, 6.07) is -1.32. The van der Waals surface area contributed by atoms with E-state index in [1.165, 1.54) is 13.8 Å². The van der Waals surface area contributed by atoms with Gasteiger partial charge in [0.2, 0.25) is 0 Å². The number of amides is 1. The van der Waals surface area contributed by atoms with Crippen LogP contribution >= 0.6 is 0 Å². The first kappa shape index (κ1) is 16.7. The summed E-state index contributed by atoms with van der Waals surface area (Å²) >= 11 is 0. The van der Waals surface area contributed by atoms with Gasteiger partial charge in [0.25, 0.3) is 0 Å². The molecule has 0 bridgehead atoms. The first-order valence-electron chi connectivity index (χ1n) is 5.45. The minimum atomic E-state index is -5.02. The zero-order valence-electron chi connectivity index (χ0n) is 11.0. The summed E-state index contributed by atoms with van der Waals surface area (Å²) in [6.07, 6.45) is -5.02. The first-order chi connectivity index (χ1) is 7.84. The van der Waals surface area contributed by atoms with Gasteiger partial charge in [-0.05, 0) is 26.7 Å². The summed E-state index contributed by atoms with van der Waals surface area (Å²) < 4.78 is 41.3. The lowest BCUT2D eigenvalue weighted by atomic mass is 10.0. The predicted molar refractivity (Wildman–Crippen MR) is 58.7 cm³/mol. The average Bonchev–Trinajstić information content (AvgIpc) is 2.07. The number of hydrogen-bond donors (Lipinski definition) is 1. The van der Waals surface area contributed by atoms with E-state index < -0.39 is 35.6 Å². The minimum Gasteiger partial charge on any atom is -0.458 e.